The molecule has 2 aromatic carbocycles. The van der Waals surface area contributed by atoms with Crippen LogP contribution in [0.15, 0.2) is 54.9 Å². The first-order valence-electron chi connectivity index (χ1n) is 9.09. The third kappa shape index (κ3) is 4.56. The number of ether oxygens (including phenoxy) is 1. The maximum Gasteiger partial charge on any atom is 0.251 e. The molecule has 0 aliphatic carbocycles. The van der Waals surface area contributed by atoms with Gasteiger partial charge in [0.1, 0.15) is 11.6 Å². The average molecular weight is 363 g/mol. The van der Waals surface area contributed by atoms with Gasteiger partial charge in [-0.2, -0.15) is 0 Å². The van der Waals surface area contributed by atoms with Crippen molar-refractivity contribution < 1.29 is 9.53 Å². The molecule has 5 heteroatoms. The zero-order chi connectivity index (χ0) is 19.2. The van der Waals surface area contributed by atoms with Crippen molar-refractivity contribution in [3.8, 4) is 16.9 Å². The maximum atomic E-state index is 12.3. The van der Waals surface area contributed by atoms with Crippen LogP contribution in [0.25, 0.3) is 11.1 Å². The summed E-state index contributed by atoms with van der Waals surface area (Å²) in [6.07, 6.45) is 4.61. The summed E-state index contributed by atoms with van der Waals surface area (Å²) in [6, 6.07) is 13.7. The number of hydrogen-bond acceptors (Lipinski definition) is 3. The number of aryl methyl sites for hydroxylation is 3. The summed E-state index contributed by atoms with van der Waals surface area (Å²) < 4.78 is 7.34. The molecule has 0 spiro atoms. The molecule has 3 aromatic rings. The molecule has 5 nitrogen and oxygen atoms in total. The lowest BCUT2D eigenvalue weighted by molar-refractivity contribution is 0.0952. The molecule has 0 saturated heterocycles. The molecular formula is C22H25N3O2. The highest BCUT2D eigenvalue weighted by Gasteiger charge is 2.07. The molecular weight excluding hydrogens is 338 g/mol. The van der Waals surface area contributed by atoms with Gasteiger partial charge in [-0.1, -0.05) is 18.2 Å². The minimum absolute atomic E-state index is 0.0460. The molecule has 0 radical (unpaired) electrons. The average Bonchev–Trinajstić information content (AvgIpc) is 3.10. The summed E-state index contributed by atoms with van der Waals surface area (Å²) in [6.45, 7) is 5.52. The van der Waals surface area contributed by atoms with E-state index in [-0.39, 0.29) is 5.91 Å². The van der Waals surface area contributed by atoms with E-state index in [1.807, 2.05) is 55.6 Å². The third-order valence-electron chi connectivity index (χ3n) is 4.68. The van der Waals surface area contributed by atoms with Crippen molar-refractivity contribution in [3.05, 3.63) is 71.8 Å². The van der Waals surface area contributed by atoms with E-state index in [0.717, 1.165) is 41.2 Å². The van der Waals surface area contributed by atoms with Gasteiger partial charge >= 0.3 is 0 Å². The van der Waals surface area contributed by atoms with Crippen molar-refractivity contribution in [2.75, 3.05) is 13.7 Å². The number of hydrogen-bond donors (Lipinski definition) is 1. The normalized spacial score (nSPS) is 10.6. The van der Waals surface area contributed by atoms with Crippen molar-refractivity contribution >= 4 is 5.91 Å². The van der Waals surface area contributed by atoms with Gasteiger partial charge in [0.15, 0.2) is 0 Å². The molecule has 0 aliphatic heterocycles. The highest BCUT2D eigenvalue weighted by molar-refractivity contribution is 5.94. The third-order valence-corrected chi connectivity index (χ3v) is 4.68. The SMILES string of the molecule is COc1ccc(-c2ccc(C(=O)NCCCn3ccnc3C)cc2)c(C)c1. The first kappa shape index (κ1) is 18.7. The lowest BCUT2D eigenvalue weighted by Gasteiger charge is -2.10. The number of benzene rings is 2. The maximum absolute atomic E-state index is 12.3. The molecule has 1 amide bonds. The number of methoxy groups -OCH3 is 1. The molecule has 0 unspecified atom stereocenters. The van der Waals surface area contributed by atoms with Crippen LogP contribution in [-0.2, 0) is 6.54 Å². The topological polar surface area (TPSA) is 56.1 Å². The van der Waals surface area contributed by atoms with Gasteiger partial charge in [-0.15, -0.1) is 0 Å². The van der Waals surface area contributed by atoms with E-state index in [1.165, 1.54) is 0 Å². The second-order valence-corrected chi connectivity index (χ2v) is 6.54. The van der Waals surface area contributed by atoms with Gasteiger partial charge in [0, 0.05) is 31.0 Å². The molecule has 1 aromatic heterocycles. The Morgan fingerprint density at radius 1 is 1.15 bits per heavy atom. The summed E-state index contributed by atoms with van der Waals surface area (Å²) in [7, 11) is 1.67. The molecule has 0 aliphatic rings. The molecule has 1 N–H and O–H groups in total. The lowest BCUT2D eigenvalue weighted by Crippen LogP contribution is -2.25. The smallest absolute Gasteiger partial charge is 0.251 e. The molecule has 0 atom stereocenters. The van der Waals surface area contributed by atoms with Crippen LogP contribution >= 0.6 is 0 Å². The zero-order valence-corrected chi connectivity index (χ0v) is 16.0. The second-order valence-electron chi connectivity index (χ2n) is 6.54. The Hall–Kier alpha value is -3.08. The second kappa shape index (κ2) is 8.54. The van der Waals surface area contributed by atoms with Gasteiger partial charge in [-0.25, -0.2) is 4.98 Å². The largest absolute Gasteiger partial charge is 0.497 e. The van der Waals surface area contributed by atoms with E-state index >= 15 is 0 Å². The Morgan fingerprint density at radius 2 is 1.93 bits per heavy atom. The minimum atomic E-state index is -0.0460. The minimum Gasteiger partial charge on any atom is -0.497 e. The van der Waals surface area contributed by atoms with Crippen LogP contribution in [0.3, 0.4) is 0 Å². The molecule has 3 rings (SSSR count). The number of carbonyl (C=O) groups is 1. The van der Waals surface area contributed by atoms with Gasteiger partial charge in [-0.05, 0) is 61.2 Å². The first-order valence-corrected chi connectivity index (χ1v) is 9.09. The number of aromatic nitrogens is 2. The van der Waals surface area contributed by atoms with Gasteiger partial charge in [0.25, 0.3) is 5.91 Å². The molecule has 0 bridgehead atoms. The predicted octanol–water partition coefficient (Wildman–Crippen LogP) is 4.00. The standard InChI is InChI=1S/C22H25N3O2/c1-16-15-20(27-3)9-10-21(16)18-5-7-19(8-6-18)22(26)24-11-4-13-25-14-12-23-17(25)2/h5-10,12,14-15H,4,11,13H2,1-3H3,(H,24,26). The van der Waals surface area contributed by atoms with E-state index in [2.05, 4.69) is 21.8 Å². The number of nitrogens with zero attached hydrogens (tertiary/aromatic N) is 2. The fraction of sp³-hybridized carbons (Fsp3) is 0.273. The number of rotatable bonds is 7. The fourth-order valence-corrected chi connectivity index (χ4v) is 3.08. The van der Waals surface area contributed by atoms with E-state index in [0.29, 0.717) is 12.1 Å². The summed E-state index contributed by atoms with van der Waals surface area (Å²) in [5.41, 5.74) is 4.03. The van der Waals surface area contributed by atoms with Crippen molar-refractivity contribution in [1.29, 1.82) is 0 Å². The first-order chi connectivity index (χ1) is 13.1. The van der Waals surface area contributed by atoms with Crippen LogP contribution in [0.2, 0.25) is 0 Å². The van der Waals surface area contributed by atoms with Crippen LogP contribution < -0.4 is 10.1 Å². The molecule has 0 saturated carbocycles. The van der Waals surface area contributed by atoms with Crippen LogP contribution in [0.4, 0.5) is 0 Å². The Bertz CT molecular complexity index is 914. The number of imidazole rings is 1. The summed E-state index contributed by atoms with van der Waals surface area (Å²) in [4.78, 5) is 16.5. The van der Waals surface area contributed by atoms with E-state index in [1.54, 1.807) is 13.3 Å². The predicted molar refractivity (Wildman–Crippen MR) is 107 cm³/mol. The van der Waals surface area contributed by atoms with Gasteiger partial charge in [0.2, 0.25) is 0 Å². The van der Waals surface area contributed by atoms with E-state index in [4.69, 9.17) is 4.74 Å². The highest BCUT2D eigenvalue weighted by Crippen LogP contribution is 2.27. The summed E-state index contributed by atoms with van der Waals surface area (Å²) >= 11 is 0. The Balaban J connectivity index is 1.56. The molecule has 140 valence electrons. The molecule has 1 heterocycles. The van der Waals surface area contributed by atoms with Gasteiger partial charge in [-0.3, -0.25) is 4.79 Å². The number of amides is 1. The van der Waals surface area contributed by atoms with E-state index in [9.17, 15) is 4.79 Å². The van der Waals surface area contributed by atoms with Crippen LogP contribution in [0, 0.1) is 13.8 Å². The van der Waals surface area contributed by atoms with Crippen molar-refractivity contribution in [2.45, 2.75) is 26.8 Å². The van der Waals surface area contributed by atoms with Crippen molar-refractivity contribution in [1.82, 2.24) is 14.9 Å². The highest BCUT2D eigenvalue weighted by atomic mass is 16.5. The van der Waals surface area contributed by atoms with Crippen molar-refractivity contribution in [2.24, 2.45) is 0 Å². The van der Waals surface area contributed by atoms with E-state index < -0.39 is 0 Å². The Labute approximate surface area is 160 Å². The molecule has 27 heavy (non-hydrogen) atoms. The monoisotopic (exact) mass is 363 g/mol. The van der Waals surface area contributed by atoms with Gasteiger partial charge in [0.05, 0.1) is 7.11 Å². The van der Waals surface area contributed by atoms with Crippen LogP contribution in [0.5, 0.6) is 5.75 Å². The van der Waals surface area contributed by atoms with Crippen LogP contribution in [-0.4, -0.2) is 29.1 Å². The number of nitrogens with one attached hydrogen (secondary N) is 1. The summed E-state index contributed by atoms with van der Waals surface area (Å²) in [5.74, 6) is 1.79. The van der Waals surface area contributed by atoms with Gasteiger partial charge < -0.3 is 14.6 Å². The summed E-state index contributed by atoms with van der Waals surface area (Å²) in [5, 5.41) is 2.98. The Kier molecular flexibility index (Phi) is 5.91. The Morgan fingerprint density at radius 3 is 2.56 bits per heavy atom. The lowest BCUT2D eigenvalue weighted by atomic mass is 9.99. The van der Waals surface area contributed by atoms with Crippen molar-refractivity contribution in [3.63, 3.8) is 0 Å². The molecule has 0 fully saturated rings. The van der Waals surface area contributed by atoms with Crippen LogP contribution in [0.1, 0.15) is 28.2 Å². The zero-order valence-electron chi connectivity index (χ0n) is 16.0. The quantitative estimate of drug-likeness (QED) is 0.646. The fourth-order valence-electron chi connectivity index (χ4n) is 3.08. The number of carbonyl (C=O) groups excluding carboxylic acids is 1.